The summed E-state index contributed by atoms with van der Waals surface area (Å²) in [6, 6.07) is 36.1. The lowest BCUT2D eigenvalue weighted by Gasteiger charge is -2.34. The topological polar surface area (TPSA) is 70.5 Å². The number of alkyl halides is 6. The van der Waals surface area contributed by atoms with Crippen molar-refractivity contribution in [1.29, 1.82) is 0 Å². The van der Waals surface area contributed by atoms with Crippen LogP contribution in [0.15, 0.2) is 133 Å². The van der Waals surface area contributed by atoms with Gasteiger partial charge in [0.2, 0.25) is 0 Å². The molecule has 1 aliphatic rings. The van der Waals surface area contributed by atoms with Crippen molar-refractivity contribution in [2.75, 3.05) is 11.5 Å². The van der Waals surface area contributed by atoms with Gasteiger partial charge in [-0.1, -0.05) is 72.8 Å². The van der Waals surface area contributed by atoms with Gasteiger partial charge in [-0.3, -0.25) is 0 Å². The van der Waals surface area contributed by atoms with Crippen molar-refractivity contribution < 1.29 is 35.8 Å². The molecular weight excluding hydrogens is 642 g/mol. The molecule has 0 aliphatic heterocycles. The van der Waals surface area contributed by atoms with Crippen LogP contribution in [0.2, 0.25) is 0 Å². The van der Waals surface area contributed by atoms with Crippen LogP contribution >= 0.6 is 0 Å². The molecule has 1 aliphatic carbocycles. The molecule has 6 aromatic carbocycles. The third kappa shape index (κ3) is 5.58. The van der Waals surface area contributed by atoms with Gasteiger partial charge in [0.25, 0.3) is 0 Å². The van der Waals surface area contributed by atoms with Gasteiger partial charge in [-0.05, 0) is 94.0 Å². The van der Waals surface area contributed by atoms with Gasteiger partial charge in [-0.15, -0.1) is 0 Å². The summed E-state index contributed by atoms with van der Waals surface area (Å²) in [7, 11) is 0. The van der Waals surface area contributed by atoms with Gasteiger partial charge in [0.05, 0.1) is 5.41 Å². The monoisotopic (exact) mass is 668 g/mol. The average Bonchev–Trinajstić information content (AvgIpc) is 3.37. The first kappa shape index (κ1) is 31.7. The Bertz CT molecular complexity index is 2020. The highest BCUT2D eigenvalue weighted by molar-refractivity contribution is 5.86. The summed E-state index contributed by atoms with van der Waals surface area (Å²) in [5.41, 5.74) is 13.7. The third-order valence-corrected chi connectivity index (χ3v) is 8.60. The molecule has 6 aromatic rings. The maximum Gasteiger partial charge on any atom is 0.420 e. The Hall–Kier alpha value is -5.90. The Balaban J connectivity index is 1.32. The molecular formula is C39H26F6N2O2. The first-order valence-electron chi connectivity index (χ1n) is 15.1. The van der Waals surface area contributed by atoms with Crippen LogP contribution in [0.4, 0.5) is 37.7 Å². The lowest BCUT2D eigenvalue weighted by Crippen LogP contribution is -2.28. The second-order valence-corrected chi connectivity index (χ2v) is 11.6. The van der Waals surface area contributed by atoms with E-state index in [0.717, 1.165) is 45.5 Å². The Morgan fingerprint density at radius 1 is 0.449 bits per heavy atom. The van der Waals surface area contributed by atoms with E-state index in [1.54, 1.807) is 48.5 Å². The molecule has 4 N–H and O–H groups in total. The van der Waals surface area contributed by atoms with Gasteiger partial charge in [0.1, 0.15) is 34.1 Å². The van der Waals surface area contributed by atoms with Crippen molar-refractivity contribution in [3.05, 3.63) is 167 Å². The van der Waals surface area contributed by atoms with Crippen molar-refractivity contribution in [2.24, 2.45) is 0 Å². The fraction of sp³-hybridized carbons (Fsp3) is 0.0769. The van der Waals surface area contributed by atoms with Gasteiger partial charge < -0.3 is 20.9 Å². The van der Waals surface area contributed by atoms with E-state index in [9.17, 15) is 26.3 Å². The van der Waals surface area contributed by atoms with Gasteiger partial charge in [-0.2, -0.15) is 26.3 Å². The molecule has 0 saturated carbocycles. The number of hydrogen-bond donors (Lipinski definition) is 2. The van der Waals surface area contributed by atoms with Crippen molar-refractivity contribution in [3.63, 3.8) is 0 Å². The normalized spacial score (nSPS) is 13.4. The number of fused-ring (bicyclic) bond motifs is 3. The van der Waals surface area contributed by atoms with Gasteiger partial charge in [-0.25, -0.2) is 0 Å². The zero-order valence-corrected chi connectivity index (χ0v) is 25.4. The predicted octanol–water partition coefficient (Wildman–Crippen LogP) is 10.8. The largest absolute Gasteiger partial charge is 0.457 e. The summed E-state index contributed by atoms with van der Waals surface area (Å²) in [6.45, 7) is 0. The summed E-state index contributed by atoms with van der Waals surface area (Å²) in [4.78, 5) is 0. The zero-order valence-electron chi connectivity index (χ0n) is 25.4. The van der Waals surface area contributed by atoms with Crippen molar-refractivity contribution in [1.82, 2.24) is 0 Å². The van der Waals surface area contributed by atoms with E-state index in [-0.39, 0.29) is 34.4 Å². The summed E-state index contributed by atoms with van der Waals surface area (Å²) < 4.78 is 94.0. The van der Waals surface area contributed by atoms with Gasteiger partial charge in [0, 0.05) is 11.4 Å². The fourth-order valence-electron chi connectivity index (χ4n) is 6.54. The summed E-state index contributed by atoms with van der Waals surface area (Å²) >= 11 is 0. The Labute approximate surface area is 277 Å². The van der Waals surface area contributed by atoms with Gasteiger partial charge in [0.15, 0.2) is 0 Å². The molecule has 10 heteroatoms. The Morgan fingerprint density at radius 2 is 0.816 bits per heavy atom. The number of ether oxygens (including phenoxy) is 2. The minimum absolute atomic E-state index is 0.0406. The molecule has 0 unspecified atom stereocenters. The summed E-state index contributed by atoms with van der Waals surface area (Å²) in [6.07, 6.45) is -9.35. The fourth-order valence-corrected chi connectivity index (χ4v) is 6.54. The smallest absolute Gasteiger partial charge is 0.420 e. The van der Waals surface area contributed by atoms with Crippen LogP contribution < -0.4 is 20.9 Å². The van der Waals surface area contributed by atoms with Crippen molar-refractivity contribution >= 4 is 11.4 Å². The quantitative estimate of drug-likeness (QED) is 0.137. The maximum atomic E-state index is 13.8. The molecule has 0 amide bonds. The first-order chi connectivity index (χ1) is 23.4. The lowest BCUT2D eigenvalue weighted by atomic mass is 9.68. The van der Waals surface area contributed by atoms with E-state index in [1.807, 2.05) is 48.5 Å². The van der Waals surface area contributed by atoms with E-state index in [1.165, 1.54) is 24.3 Å². The molecule has 49 heavy (non-hydrogen) atoms. The van der Waals surface area contributed by atoms with Crippen LogP contribution in [0.25, 0.3) is 11.1 Å². The number of hydrogen-bond acceptors (Lipinski definition) is 4. The molecule has 4 nitrogen and oxygen atoms in total. The minimum Gasteiger partial charge on any atom is -0.457 e. The standard InChI is InChI=1S/C39H26F6N2O2/c40-38(41,42)33-21-25(46)13-19-35(33)48-27-15-9-23(10-16-27)37(31-7-3-1-5-29(31)30-6-2-4-8-32(30)37)24-11-17-28(18-12-24)49-36-20-14-26(47)22-34(36)39(43,44)45/h1-22H,46-47H2. The molecule has 0 heterocycles. The van der Waals surface area contributed by atoms with Crippen molar-refractivity contribution in [2.45, 2.75) is 17.8 Å². The number of rotatable bonds is 6. The summed E-state index contributed by atoms with van der Waals surface area (Å²) in [5, 5.41) is 0. The number of nitrogen functional groups attached to an aromatic ring is 2. The Kier molecular flexibility index (Phi) is 7.54. The first-order valence-corrected chi connectivity index (χ1v) is 15.1. The Morgan fingerprint density at radius 3 is 1.18 bits per heavy atom. The number of halogens is 6. The van der Waals surface area contributed by atoms with E-state index in [4.69, 9.17) is 20.9 Å². The number of nitrogens with two attached hydrogens (primary N) is 2. The summed E-state index contributed by atoms with van der Waals surface area (Å²) in [5.74, 6) is -0.403. The van der Waals surface area contributed by atoms with E-state index in [2.05, 4.69) is 0 Å². The second-order valence-electron chi connectivity index (χ2n) is 11.6. The number of anilines is 2. The number of benzene rings is 6. The zero-order chi connectivity index (χ0) is 34.6. The highest BCUT2D eigenvalue weighted by Crippen LogP contribution is 2.56. The molecule has 0 atom stereocenters. The van der Waals surface area contributed by atoms with Crippen LogP contribution in [-0.2, 0) is 17.8 Å². The lowest BCUT2D eigenvalue weighted by molar-refractivity contribution is -0.139. The molecule has 0 bridgehead atoms. The molecule has 0 saturated heterocycles. The van der Waals surface area contributed by atoms with E-state index in [0.29, 0.717) is 0 Å². The SMILES string of the molecule is Nc1ccc(Oc2ccc(C3(c4ccc(Oc5ccc(N)cc5C(F)(F)F)cc4)c4ccccc4-c4ccccc43)cc2)c(C(F)(F)F)c1. The highest BCUT2D eigenvalue weighted by Gasteiger charge is 2.46. The van der Waals surface area contributed by atoms with Crippen LogP contribution in [-0.4, -0.2) is 0 Å². The minimum atomic E-state index is -4.68. The molecule has 0 fully saturated rings. The van der Waals surface area contributed by atoms with Crippen LogP contribution in [0.3, 0.4) is 0 Å². The van der Waals surface area contributed by atoms with Crippen LogP contribution in [0.5, 0.6) is 23.0 Å². The molecule has 246 valence electrons. The average molecular weight is 669 g/mol. The molecule has 0 spiro atoms. The van der Waals surface area contributed by atoms with E-state index < -0.39 is 28.9 Å². The molecule has 0 radical (unpaired) electrons. The van der Waals surface area contributed by atoms with Crippen LogP contribution in [0.1, 0.15) is 33.4 Å². The second kappa shape index (κ2) is 11.7. The van der Waals surface area contributed by atoms with E-state index >= 15 is 0 Å². The van der Waals surface area contributed by atoms with Gasteiger partial charge >= 0.3 is 12.4 Å². The maximum absolute atomic E-state index is 13.8. The third-order valence-electron chi connectivity index (χ3n) is 8.60. The highest BCUT2D eigenvalue weighted by atomic mass is 19.4. The molecule has 0 aromatic heterocycles. The van der Waals surface area contributed by atoms with Crippen molar-refractivity contribution in [3.8, 4) is 34.1 Å². The van der Waals surface area contributed by atoms with Crippen LogP contribution in [0, 0.1) is 0 Å². The molecule has 7 rings (SSSR count). The predicted molar refractivity (Wildman–Crippen MR) is 176 cm³/mol.